The fraction of sp³-hybridized carbons (Fsp3) is 0.500. The normalized spacial score (nSPS) is 18.3. The predicted molar refractivity (Wildman–Crippen MR) is 79.6 cm³/mol. The van der Waals surface area contributed by atoms with Crippen LogP contribution in [0.25, 0.3) is 0 Å². The first-order valence-electron chi connectivity index (χ1n) is 6.56. The summed E-state index contributed by atoms with van der Waals surface area (Å²) < 4.78 is 6.15. The molecule has 1 aromatic carbocycles. The van der Waals surface area contributed by atoms with Crippen LogP contribution in [0.15, 0.2) is 22.7 Å². The van der Waals surface area contributed by atoms with E-state index >= 15 is 0 Å². The molecule has 0 aromatic heterocycles. The predicted octanol–water partition coefficient (Wildman–Crippen LogP) is 2.93. The summed E-state index contributed by atoms with van der Waals surface area (Å²) in [6, 6.07) is 6.06. The number of hydrogen-bond acceptors (Lipinski definition) is 3. The quantitative estimate of drug-likeness (QED) is 0.874. The van der Waals surface area contributed by atoms with Crippen LogP contribution in [0, 0.1) is 0 Å². The molecule has 1 atom stereocenters. The smallest absolute Gasteiger partial charge is 0.224 e. The van der Waals surface area contributed by atoms with Gasteiger partial charge in [-0.25, -0.2) is 0 Å². The Bertz CT molecular complexity index is 445. The standard InChI is InChI=1S/C14H19BrN2O2/c1-19-13-6-4-10(15)9-12(13)17-14(18)7-5-11-3-2-8-16-11/h4,6,9,11,16H,2-3,5,7-8H2,1H3,(H,17,18). The summed E-state index contributed by atoms with van der Waals surface area (Å²) in [5.74, 6) is 0.709. The highest BCUT2D eigenvalue weighted by Gasteiger charge is 2.16. The number of anilines is 1. The summed E-state index contributed by atoms with van der Waals surface area (Å²) in [7, 11) is 1.60. The minimum absolute atomic E-state index is 0.0325. The molecule has 2 rings (SSSR count). The van der Waals surface area contributed by atoms with Gasteiger partial charge in [-0.2, -0.15) is 0 Å². The number of nitrogens with one attached hydrogen (secondary N) is 2. The van der Waals surface area contributed by atoms with E-state index in [9.17, 15) is 4.79 Å². The average Bonchev–Trinajstić information content (AvgIpc) is 2.90. The zero-order valence-corrected chi connectivity index (χ0v) is 12.6. The van der Waals surface area contributed by atoms with E-state index in [1.807, 2.05) is 18.2 Å². The molecule has 1 aliphatic heterocycles. The lowest BCUT2D eigenvalue weighted by Gasteiger charge is -2.12. The second-order valence-corrected chi connectivity index (χ2v) is 5.64. The molecular formula is C14H19BrN2O2. The van der Waals surface area contributed by atoms with Gasteiger partial charge in [0.15, 0.2) is 0 Å². The second kappa shape index (κ2) is 6.91. The van der Waals surface area contributed by atoms with E-state index in [1.165, 1.54) is 12.8 Å². The van der Waals surface area contributed by atoms with Crippen molar-refractivity contribution < 1.29 is 9.53 Å². The molecule has 1 fully saturated rings. The number of hydrogen-bond donors (Lipinski definition) is 2. The second-order valence-electron chi connectivity index (χ2n) is 4.72. The molecule has 1 amide bonds. The van der Waals surface area contributed by atoms with E-state index in [2.05, 4.69) is 26.6 Å². The molecule has 0 bridgehead atoms. The Morgan fingerprint density at radius 3 is 3.11 bits per heavy atom. The van der Waals surface area contributed by atoms with Crippen molar-refractivity contribution in [3.05, 3.63) is 22.7 Å². The maximum absolute atomic E-state index is 11.9. The molecule has 0 spiro atoms. The van der Waals surface area contributed by atoms with Crippen LogP contribution >= 0.6 is 15.9 Å². The highest BCUT2D eigenvalue weighted by atomic mass is 79.9. The summed E-state index contributed by atoms with van der Waals surface area (Å²) in [6.45, 7) is 1.08. The Kier molecular flexibility index (Phi) is 5.22. The van der Waals surface area contributed by atoms with Gasteiger partial charge in [-0.3, -0.25) is 4.79 Å². The van der Waals surface area contributed by atoms with Gasteiger partial charge in [0, 0.05) is 16.9 Å². The van der Waals surface area contributed by atoms with Gasteiger partial charge in [0.25, 0.3) is 0 Å². The van der Waals surface area contributed by atoms with Crippen LogP contribution in [0.3, 0.4) is 0 Å². The Labute approximate surface area is 122 Å². The van der Waals surface area contributed by atoms with Gasteiger partial charge in [-0.15, -0.1) is 0 Å². The third-order valence-electron chi connectivity index (χ3n) is 3.32. The van der Waals surface area contributed by atoms with Crippen LogP contribution in [0.2, 0.25) is 0 Å². The molecular weight excluding hydrogens is 308 g/mol. The van der Waals surface area contributed by atoms with Crippen molar-refractivity contribution in [3.8, 4) is 5.75 Å². The third-order valence-corrected chi connectivity index (χ3v) is 3.81. The molecule has 0 radical (unpaired) electrons. The van der Waals surface area contributed by atoms with E-state index in [4.69, 9.17) is 4.74 Å². The Balaban J connectivity index is 1.88. The van der Waals surface area contributed by atoms with Gasteiger partial charge < -0.3 is 15.4 Å². The highest BCUT2D eigenvalue weighted by molar-refractivity contribution is 9.10. The van der Waals surface area contributed by atoms with Crippen molar-refractivity contribution in [2.24, 2.45) is 0 Å². The van der Waals surface area contributed by atoms with Gasteiger partial charge in [0.1, 0.15) is 5.75 Å². The first kappa shape index (κ1) is 14.3. The van der Waals surface area contributed by atoms with E-state index in [-0.39, 0.29) is 5.91 Å². The lowest BCUT2D eigenvalue weighted by Crippen LogP contribution is -2.23. The lowest BCUT2D eigenvalue weighted by atomic mass is 10.1. The molecule has 1 aromatic rings. The van der Waals surface area contributed by atoms with Crippen LogP contribution in [-0.2, 0) is 4.79 Å². The zero-order valence-electron chi connectivity index (χ0n) is 11.0. The van der Waals surface area contributed by atoms with Gasteiger partial charge in [-0.1, -0.05) is 15.9 Å². The molecule has 104 valence electrons. The SMILES string of the molecule is COc1ccc(Br)cc1NC(=O)CCC1CCCN1. The molecule has 1 heterocycles. The molecule has 5 heteroatoms. The van der Waals surface area contributed by atoms with E-state index in [0.717, 1.165) is 17.4 Å². The molecule has 1 saturated heterocycles. The van der Waals surface area contributed by atoms with Crippen molar-refractivity contribution >= 4 is 27.5 Å². The summed E-state index contributed by atoms with van der Waals surface area (Å²) in [5.41, 5.74) is 0.709. The Morgan fingerprint density at radius 2 is 2.42 bits per heavy atom. The molecule has 19 heavy (non-hydrogen) atoms. The van der Waals surface area contributed by atoms with Crippen LogP contribution in [0.5, 0.6) is 5.75 Å². The first-order valence-corrected chi connectivity index (χ1v) is 7.35. The largest absolute Gasteiger partial charge is 0.495 e. The van der Waals surface area contributed by atoms with Gasteiger partial charge in [0.05, 0.1) is 12.8 Å². The number of carbonyl (C=O) groups is 1. The van der Waals surface area contributed by atoms with Crippen molar-refractivity contribution in [1.82, 2.24) is 5.32 Å². The van der Waals surface area contributed by atoms with Gasteiger partial charge >= 0.3 is 0 Å². The first-order chi connectivity index (χ1) is 9.19. The number of amides is 1. The van der Waals surface area contributed by atoms with Crippen LogP contribution in [0.1, 0.15) is 25.7 Å². The average molecular weight is 327 g/mol. The highest BCUT2D eigenvalue weighted by Crippen LogP contribution is 2.28. The summed E-state index contributed by atoms with van der Waals surface area (Å²) in [4.78, 5) is 11.9. The summed E-state index contributed by atoms with van der Waals surface area (Å²) in [6.07, 6.45) is 3.81. The number of rotatable bonds is 5. The van der Waals surface area contributed by atoms with Crippen LogP contribution in [0.4, 0.5) is 5.69 Å². The molecule has 4 nitrogen and oxygen atoms in total. The number of halogens is 1. The lowest BCUT2D eigenvalue weighted by molar-refractivity contribution is -0.116. The number of ether oxygens (including phenoxy) is 1. The maximum atomic E-state index is 11.9. The van der Waals surface area contributed by atoms with Crippen molar-refractivity contribution in [1.29, 1.82) is 0 Å². The van der Waals surface area contributed by atoms with E-state index in [1.54, 1.807) is 7.11 Å². The van der Waals surface area contributed by atoms with Crippen LogP contribution in [-0.4, -0.2) is 25.6 Å². The van der Waals surface area contributed by atoms with E-state index in [0.29, 0.717) is 23.9 Å². The summed E-state index contributed by atoms with van der Waals surface area (Å²) >= 11 is 3.39. The maximum Gasteiger partial charge on any atom is 0.224 e. The molecule has 1 unspecified atom stereocenters. The Morgan fingerprint density at radius 1 is 1.58 bits per heavy atom. The van der Waals surface area contributed by atoms with Crippen molar-refractivity contribution in [2.75, 3.05) is 19.0 Å². The number of methoxy groups -OCH3 is 1. The van der Waals surface area contributed by atoms with E-state index < -0.39 is 0 Å². The fourth-order valence-electron chi connectivity index (χ4n) is 2.30. The monoisotopic (exact) mass is 326 g/mol. The third kappa shape index (κ3) is 4.21. The fourth-order valence-corrected chi connectivity index (χ4v) is 2.66. The van der Waals surface area contributed by atoms with Gasteiger partial charge in [0.2, 0.25) is 5.91 Å². The molecule has 1 aliphatic rings. The van der Waals surface area contributed by atoms with Crippen molar-refractivity contribution in [3.63, 3.8) is 0 Å². The minimum atomic E-state index is 0.0325. The number of carbonyl (C=O) groups excluding carboxylic acids is 1. The van der Waals surface area contributed by atoms with Crippen LogP contribution < -0.4 is 15.4 Å². The minimum Gasteiger partial charge on any atom is -0.495 e. The zero-order chi connectivity index (χ0) is 13.7. The Hall–Kier alpha value is -1.07. The molecule has 0 saturated carbocycles. The number of benzene rings is 1. The molecule has 0 aliphatic carbocycles. The van der Waals surface area contributed by atoms with Gasteiger partial charge in [-0.05, 0) is 44.0 Å². The summed E-state index contributed by atoms with van der Waals surface area (Å²) in [5, 5.41) is 6.30. The topological polar surface area (TPSA) is 50.4 Å². The molecule has 2 N–H and O–H groups in total. The van der Waals surface area contributed by atoms with Crippen molar-refractivity contribution in [2.45, 2.75) is 31.7 Å².